The number of benzene rings is 2. The van der Waals surface area contributed by atoms with Crippen molar-refractivity contribution in [3.05, 3.63) is 59.2 Å². The van der Waals surface area contributed by atoms with E-state index in [2.05, 4.69) is 0 Å². The van der Waals surface area contributed by atoms with E-state index in [1.807, 2.05) is 36.4 Å². The van der Waals surface area contributed by atoms with E-state index >= 15 is 0 Å². The molecule has 0 bridgehead atoms. The van der Waals surface area contributed by atoms with E-state index in [9.17, 15) is 15.0 Å². The van der Waals surface area contributed by atoms with Crippen LogP contribution in [0.3, 0.4) is 0 Å². The molecule has 108 valence electrons. The Bertz CT molecular complexity index is 684. The first-order valence-electron chi connectivity index (χ1n) is 6.90. The molecule has 2 aromatic rings. The summed E-state index contributed by atoms with van der Waals surface area (Å²) < 4.78 is 5.82. The zero-order valence-corrected chi connectivity index (χ0v) is 14.4. The summed E-state index contributed by atoms with van der Waals surface area (Å²) in [5, 5.41) is 20.5. The molecule has 22 heavy (non-hydrogen) atoms. The van der Waals surface area contributed by atoms with E-state index in [0.29, 0.717) is 5.56 Å². The molecule has 1 unspecified atom stereocenters. The SMILES string of the molecule is O=C([O-])CCC(O)c1ccc2c(c1)Cc1ccccc1O2.[Na+]. The van der Waals surface area contributed by atoms with Crippen LogP contribution in [0.25, 0.3) is 0 Å². The maximum atomic E-state index is 10.5. The Morgan fingerprint density at radius 1 is 1.18 bits per heavy atom. The number of carbonyl (C=O) groups excluding carboxylic acids is 1. The van der Waals surface area contributed by atoms with E-state index in [4.69, 9.17) is 4.74 Å². The van der Waals surface area contributed by atoms with Gasteiger partial charge in [0.05, 0.1) is 6.10 Å². The molecule has 0 spiro atoms. The van der Waals surface area contributed by atoms with Crippen molar-refractivity contribution in [3.8, 4) is 11.5 Å². The molecule has 1 N–H and O–H groups in total. The van der Waals surface area contributed by atoms with Crippen molar-refractivity contribution < 1.29 is 49.3 Å². The molecule has 0 saturated carbocycles. The first kappa shape index (κ1) is 17.0. The van der Waals surface area contributed by atoms with E-state index in [1.165, 1.54) is 0 Å². The molecule has 0 fully saturated rings. The Morgan fingerprint density at radius 3 is 2.68 bits per heavy atom. The fourth-order valence-electron chi connectivity index (χ4n) is 2.54. The molecule has 2 aromatic carbocycles. The summed E-state index contributed by atoms with van der Waals surface area (Å²) in [6.07, 6.45) is -0.0618. The van der Waals surface area contributed by atoms with Crippen molar-refractivity contribution in [2.75, 3.05) is 0 Å². The van der Waals surface area contributed by atoms with Crippen molar-refractivity contribution in [2.45, 2.75) is 25.4 Å². The maximum Gasteiger partial charge on any atom is 1.00 e. The van der Waals surface area contributed by atoms with Crippen LogP contribution in [0.1, 0.15) is 35.6 Å². The topological polar surface area (TPSA) is 69.6 Å². The second kappa shape index (κ2) is 7.29. The van der Waals surface area contributed by atoms with Gasteiger partial charge in [0.25, 0.3) is 0 Å². The summed E-state index contributed by atoms with van der Waals surface area (Å²) in [7, 11) is 0. The van der Waals surface area contributed by atoms with Crippen LogP contribution in [0.4, 0.5) is 0 Å². The van der Waals surface area contributed by atoms with Gasteiger partial charge in [0.1, 0.15) is 11.5 Å². The molecule has 0 saturated heterocycles. The Morgan fingerprint density at radius 2 is 1.91 bits per heavy atom. The number of aliphatic hydroxyl groups excluding tert-OH is 1. The second-order valence-corrected chi connectivity index (χ2v) is 5.18. The molecular weight excluding hydrogens is 291 g/mol. The van der Waals surface area contributed by atoms with E-state index in [0.717, 1.165) is 29.0 Å². The Kier molecular flexibility index (Phi) is 5.64. The number of aliphatic carboxylic acids is 1. The first-order valence-corrected chi connectivity index (χ1v) is 6.90. The summed E-state index contributed by atoms with van der Waals surface area (Å²) in [6, 6.07) is 13.3. The minimum Gasteiger partial charge on any atom is -0.550 e. The maximum absolute atomic E-state index is 10.5. The van der Waals surface area contributed by atoms with Gasteiger partial charge in [0, 0.05) is 12.4 Å². The Balaban J connectivity index is 0.00000176. The van der Waals surface area contributed by atoms with Gasteiger partial charge >= 0.3 is 29.6 Å². The van der Waals surface area contributed by atoms with Crippen LogP contribution < -0.4 is 39.4 Å². The fraction of sp³-hybridized carbons (Fsp3) is 0.235. The van der Waals surface area contributed by atoms with Gasteiger partial charge in [0.15, 0.2) is 0 Å². The van der Waals surface area contributed by atoms with Crippen LogP contribution in [0.2, 0.25) is 0 Å². The van der Waals surface area contributed by atoms with Crippen LogP contribution in [0, 0.1) is 0 Å². The quantitative estimate of drug-likeness (QED) is 0.625. The number of carbonyl (C=O) groups is 1. The van der Waals surface area contributed by atoms with Gasteiger partial charge in [0.2, 0.25) is 0 Å². The number of ether oxygens (including phenoxy) is 1. The van der Waals surface area contributed by atoms with Crippen LogP contribution in [0.5, 0.6) is 11.5 Å². The van der Waals surface area contributed by atoms with Crippen molar-refractivity contribution in [1.82, 2.24) is 0 Å². The van der Waals surface area contributed by atoms with Gasteiger partial charge in [-0.05, 0) is 47.7 Å². The monoisotopic (exact) mass is 306 g/mol. The third-order valence-corrected chi connectivity index (χ3v) is 3.66. The summed E-state index contributed by atoms with van der Waals surface area (Å²) in [5.41, 5.74) is 2.81. The standard InChI is InChI=1S/C17H16O4.Na/c18-14(6-8-17(19)20)11-5-7-16-13(9-11)10-12-3-1-2-4-15(12)21-16;/h1-5,7,9,14,18H,6,8,10H2,(H,19,20);/q;+1/p-1. The number of carboxylic acid groups (broad SMARTS) is 1. The van der Waals surface area contributed by atoms with Gasteiger partial charge in [-0.25, -0.2) is 0 Å². The number of carboxylic acids is 1. The summed E-state index contributed by atoms with van der Waals surface area (Å²) in [5.74, 6) is 0.490. The normalized spacial score (nSPS) is 13.1. The third-order valence-electron chi connectivity index (χ3n) is 3.66. The van der Waals surface area contributed by atoms with E-state index in [-0.39, 0.29) is 42.4 Å². The molecule has 1 aliphatic heterocycles. The molecule has 0 aromatic heterocycles. The third kappa shape index (κ3) is 3.70. The zero-order valence-electron chi connectivity index (χ0n) is 12.4. The van der Waals surface area contributed by atoms with Gasteiger partial charge in [-0.3, -0.25) is 0 Å². The van der Waals surface area contributed by atoms with E-state index in [1.54, 1.807) is 6.07 Å². The van der Waals surface area contributed by atoms with Crippen molar-refractivity contribution in [1.29, 1.82) is 0 Å². The fourth-order valence-corrected chi connectivity index (χ4v) is 2.54. The number of fused-ring (bicyclic) bond motifs is 2. The van der Waals surface area contributed by atoms with Crippen molar-refractivity contribution >= 4 is 5.97 Å². The molecule has 4 nitrogen and oxygen atoms in total. The average Bonchev–Trinajstić information content (AvgIpc) is 2.50. The van der Waals surface area contributed by atoms with Crippen molar-refractivity contribution in [3.63, 3.8) is 0 Å². The second-order valence-electron chi connectivity index (χ2n) is 5.18. The number of para-hydroxylation sites is 1. The van der Waals surface area contributed by atoms with Gasteiger partial charge in [-0.2, -0.15) is 0 Å². The predicted molar refractivity (Wildman–Crippen MR) is 75.0 cm³/mol. The molecule has 0 radical (unpaired) electrons. The van der Waals surface area contributed by atoms with Gasteiger partial charge in [-0.15, -0.1) is 0 Å². The van der Waals surface area contributed by atoms with Crippen LogP contribution in [-0.4, -0.2) is 11.1 Å². The van der Waals surface area contributed by atoms with Crippen LogP contribution >= 0.6 is 0 Å². The molecule has 1 atom stereocenters. The number of rotatable bonds is 4. The van der Waals surface area contributed by atoms with Gasteiger partial charge < -0.3 is 19.7 Å². The Hall–Kier alpha value is -1.33. The van der Waals surface area contributed by atoms with Crippen molar-refractivity contribution in [2.24, 2.45) is 0 Å². The predicted octanol–water partition coefficient (Wildman–Crippen LogP) is -1.05. The molecule has 0 aliphatic carbocycles. The molecule has 5 heteroatoms. The van der Waals surface area contributed by atoms with E-state index < -0.39 is 12.1 Å². The van der Waals surface area contributed by atoms with Crippen LogP contribution in [0.15, 0.2) is 42.5 Å². The molecular formula is C17H15NaO4. The smallest absolute Gasteiger partial charge is 0.550 e. The minimum absolute atomic E-state index is 0. The minimum atomic E-state index is -1.15. The molecule has 3 rings (SSSR count). The number of aliphatic hydroxyl groups is 1. The molecule has 1 aliphatic rings. The average molecular weight is 306 g/mol. The van der Waals surface area contributed by atoms with Gasteiger partial charge in [-0.1, -0.05) is 24.3 Å². The summed E-state index contributed by atoms with van der Waals surface area (Å²) in [4.78, 5) is 10.5. The first-order chi connectivity index (χ1) is 10.1. The van der Waals surface area contributed by atoms with Crippen LogP contribution in [-0.2, 0) is 11.2 Å². The largest absolute Gasteiger partial charge is 1.00 e. The number of hydrogen-bond acceptors (Lipinski definition) is 4. The summed E-state index contributed by atoms with van der Waals surface area (Å²) in [6.45, 7) is 0. The molecule has 1 heterocycles. The zero-order chi connectivity index (χ0) is 14.8. The summed E-state index contributed by atoms with van der Waals surface area (Å²) >= 11 is 0. The number of hydrogen-bond donors (Lipinski definition) is 1. The molecule has 0 amide bonds. The Labute approximate surface area is 151 Å².